The zero-order valence-electron chi connectivity index (χ0n) is 14.8. The van der Waals surface area contributed by atoms with Crippen LogP contribution >= 0.6 is 0 Å². The first-order chi connectivity index (χ1) is 12.2. The monoisotopic (exact) mass is 338 g/mol. The molecule has 2 N–H and O–H groups in total. The van der Waals surface area contributed by atoms with Gasteiger partial charge in [-0.25, -0.2) is 4.68 Å². The number of rotatable bonds is 6. The highest BCUT2D eigenvalue weighted by Crippen LogP contribution is 2.35. The van der Waals surface area contributed by atoms with Gasteiger partial charge in [-0.1, -0.05) is 24.3 Å². The van der Waals surface area contributed by atoms with Gasteiger partial charge in [0.2, 0.25) is 5.91 Å². The summed E-state index contributed by atoms with van der Waals surface area (Å²) in [6.07, 6.45) is 7.77. The van der Waals surface area contributed by atoms with Gasteiger partial charge in [0, 0.05) is 5.56 Å². The van der Waals surface area contributed by atoms with E-state index in [1.54, 1.807) is 0 Å². The lowest BCUT2D eigenvalue weighted by atomic mass is 9.88. The smallest absolute Gasteiger partial charge is 0.239 e. The molecule has 1 unspecified atom stereocenters. The second-order valence-corrected chi connectivity index (χ2v) is 7.35. The number of carbonyl (C=O) groups is 1. The maximum absolute atomic E-state index is 12.3. The molecule has 1 amide bonds. The van der Waals surface area contributed by atoms with Gasteiger partial charge < -0.3 is 10.6 Å². The minimum atomic E-state index is 0.00888. The first-order valence-electron chi connectivity index (χ1n) is 9.35. The van der Waals surface area contributed by atoms with Crippen LogP contribution < -0.4 is 10.6 Å². The van der Waals surface area contributed by atoms with Crippen LogP contribution in [-0.4, -0.2) is 28.8 Å². The molecule has 0 saturated heterocycles. The van der Waals surface area contributed by atoms with E-state index in [9.17, 15) is 4.79 Å². The Kier molecular flexibility index (Phi) is 4.57. The third-order valence-corrected chi connectivity index (χ3v) is 5.28. The van der Waals surface area contributed by atoms with E-state index < -0.39 is 0 Å². The molecule has 5 nitrogen and oxygen atoms in total. The molecule has 5 heteroatoms. The maximum Gasteiger partial charge on any atom is 0.239 e. The molecule has 2 aromatic rings. The summed E-state index contributed by atoms with van der Waals surface area (Å²) in [5.74, 6) is 1.62. The van der Waals surface area contributed by atoms with E-state index in [0.29, 0.717) is 6.54 Å². The Morgan fingerprint density at radius 2 is 2.12 bits per heavy atom. The summed E-state index contributed by atoms with van der Waals surface area (Å²) < 4.78 is 2.01. The molecular weight excluding hydrogens is 312 g/mol. The molecule has 1 atom stereocenters. The number of carbonyl (C=O) groups excluding carboxylic acids is 1. The van der Waals surface area contributed by atoms with Gasteiger partial charge in [-0.2, -0.15) is 5.10 Å². The Hall–Kier alpha value is -2.14. The van der Waals surface area contributed by atoms with Gasteiger partial charge in [0.1, 0.15) is 5.82 Å². The topological polar surface area (TPSA) is 59.0 Å². The Balaban J connectivity index is 1.50. The minimum absolute atomic E-state index is 0.00888. The van der Waals surface area contributed by atoms with Crippen molar-refractivity contribution in [1.82, 2.24) is 15.1 Å². The molecule has 0 spiro atoms. The summed E-state index contributed by atoms with van der Waals surface area (Å²) in [5, 5.41) is 10.9. The molecule has 1 fully saturated rings. The first kappa shape index (κ1) is 16.3. The molecule has 1 saturated carbocycles. The molecule has 0 bridgehead atoms. The highest BCUT2D eigenvalue weighted by Gasteiger charge is 2.25. The lowest BCUT2D eigenvalue weighted by molar-refractivity contribution is -0.115. The zero-order chi connectivity index (χ0) is 17.2. The van der Waals surface area contributed by atoms with Crippen molar-refractivity contribution in [2.24, 2.45) is 5.92 Å². The van der Waals surface area contributed by atoms with Gasteiger partial charge in [0.05, 0.1) is 18.8 Å². The minimum Gasteiger partial charge on any atom is -0.310 e. The van der Waals surface area contributed by atoms with Crippen LogP contribution in [0.5, 0.6) is 0 Å². The average molecular weight is 338 g/mol. The van der Waals surface area contributed by atoms with Crippen LogP contribution in [0.1, 0.15) is 48.4 Å². The van der Waals surface area contributed by atoms with Gasteiger partial charge in [-0.05, 0) is 62.6 Å². The molecule has 132 valence electrons. The molecule has 25 heavy (non-hydrogen) atoms. The number of amides is 1. The number of fused-ring (bicyclic) bond motifs is 1. The first-order valence-corrected chi connectivity index (χ1v) is 9.35. The van der Waals surface area contributed by atoms with E-state index in [0.717, 1.165) is 43.1 Å². The van der Waals surface area contributed by atoms with E-state index in [4.69, 9.17) is 0 Å². The number of aryl methyl sites for hydroxylation is 2. The Labute approximate surface area is 148 Å². The van der Waals surface area contributed by atoms with Crippen LogP contribution in [0.2, 0.25) is 0 Å². The molecular formula is C20H26N4O. The summed E-state index contributed by atoms with van der Waals surface area (Å²) in [6, 6.07) is 8.79. The van der Waals surface area contributed by atoms with Gasteiger partial charge in [0.15, 0.2) is 0 Å². The largest absolute Gasteiger partial charge is 0.310 e. The van der Waals surface area contributed by atoms with Crippen molar-refractivity contribution in [3.8, 4) is 0 Å². The summed E-state index contributed by atoms with van der Waals surface area (Å²) in [7, 11) is 0. The molecule has 2 aliphatic rings. The number of hydrogen-bond donors (Lipinski definition) is 2. The van der Waals surface area contributed by atoms with E-state index >= 15 is 0 Å². The van der Waals surface area contributed by atoms with Crippen molar-refractivity contribution in [3.05, 3.63) is 47.2 Å². The molecule has 2 aliphatic carbocycles. The second-order valence-electron chi connectivity index (χ2n) is 7.35. The van der Waals surface area contributed by atoms with Gasteiger partial charge in [0.25, 0.3) is 0 Å². The van der Waals surface area contributed by atoms with Crippen molar-refractivity contribution in [2.45, 2.75) is 45.1 Å². The summed E-state index contributed by atoms with van der Waals surface area (Å²) in [5.41, 5.74) is 3.74. The normalized spacial score (nSPS) is 19.5. The van der Waals surface area contributed by atoms with Crippen molar-refractivity contribution >= 4 is 11.7 Å². The van der Waals surface area contributed by atoms with E-state index in [2.05, 4.69) is 40.0 Å². The van der Waals surface area contributed by atoms with Crippen LogP contribution in [-0.2, 0) is 11.2 Å². The SMILES string of the molecule is Cc1cnn(C2CCCc3ccccc32)c1NC(=O)CNCC1CC1. The lowest BCUT2D eigenvalue weighted by Gasteiger charge is -2.27. The third kappa shape index (κ3) is 3.61. The molecule has 4 rings (SSSR count). The van der Waals surface area contributed by atoms with Crippen molar-refractivity contribution in [2.75, 3.05) is 18.4 Å². The van der Waals surface area contributed by atoms with Crippen LogP contribution in [0.15, 0.2) is 30.5 Å². The highest BCUT2D eigenvalue weighted by atomic mass is 16.2. The fourth-order valence-electron chi connectivity index (χ4n) is 3.71. The highest BCUT2D eigenvalue weighted by molar-refractivity contribution is 5.92. The van der Waals surface area contributed by atoms with E-state index in [1.807, 2.05) is 17.8 Å². The fraction of sp³-hybridized carbons (Fsp3) is 0.500. The number of hydrogen-bond acceptors (Lipinski definition) is 3. The standard InChI is InChI=1S/C20H26N4O/c1-14-11-22-24(18-8-4-6-16-5-2-3-7-17(16)18)20(14)23-19(25)13-21-12-15-9-10-15/h2-3,5,7,11,15,18,21H,4,6,8-10,12-13H2,1H3,(H,23,25). The van der Waals surface area contributed by atoms with E-state index in [-0.39, 0.29) is 11.9 Å². The Bertz CT molecular complexity index is 763. The third-order valence-electron chi connectivity index (χ3n) is 5.28. The number of anilines is 1. The summed E-state index contributed by atoms with van der Waals surface area (Å²) >= 11 is 0. The fourth-order valence-corrected chi connectivity index (χ4v) is 3.71. The van der Waals surface area contributed by atoms with Gasteiger partial charge in [-0.15, -0.1) is 0 Å². The molecule has 0 aliphatic heterocycles. The van der Waals surface area contributed by atoms with Crippen molar-refractivity contribution in [1.29, 1.82) is 0 Å². The van der Waals surface area contributed by atoms with Gasteiger partial charge >= 0.3 is 0 Å². The zero-order valence-corrected chi connectivity index (χ0v) is 14.8. The molecule has 1 aromatic carbocycles. The molecule has 1 heterocycles. The average Bonchev–Trinajstić information content (AvgIpc) is 3.38. The van der Waals surface area contributed by atoms with Crippen molar-refractivity contribution < 1.29 is 4.79 Å². The Morgan fingerprint density at radius 1 is 1.28 bits per heavy atom. The molecule has 0 radical (unpaired) electrons. The predicted molar refractivity (Wildman–Crippen MR) is 98.7 cm³/mol. The second kappa shape index (κ2) is 7.00. The maximum atomic E-state index is 12.3. The van der Waals surface area contributed by atoms with Crippen LogP contribution in [0.3, 0.4) is 0 Å². The van der Waals surface area contributed by atoms with Gasteiger partial charge in [-0.3, -0.25) is 4.79 Å². The quantitative estimate of drug-likeness (QED) is 0.851. The Morgan fingerprint density at radius 3 is 2.96 bits per heavy atom. The van der Waals surface area contributed by atoms with Crippen LogP contribution in [0.4, 0.5) is 5.82 Å². The summed E-state index contributed by atoms with van der Waals surface area (Å²) in [6.45, 7) is 3.31. The number of nitrogens with one attached hydrogen (secondary N) is 2. The summed E-state index contributed by atoms with van der Waals surface area (Å²) in [4.78, 5) is 12.3. The van der Waals surface area contributed by atoms with Crippen LogP contribution in [0.25, 0.3) is 0 Å². The van der Waals surface area contributed by atoms with Crippen molar-refractivity contribution in [3.63, 3.8) is 0 Å². The number of aromatic nitrogens is 2. The predicted octanol–water partition coefficient (Wildman–Crippen LogP) is 3.06. The lowest BCUT2D eigenvalue weighted by Crippen LogP contribution is -2.31. The number of benzene rings is 1. The number of nitrogens with zero attached hydrogens (tertiary/aromatic N) is 2. The molecule has 1 aromatic heterocycles. The van der Waals surface area contributed by atoms with E-state index in [1.165, 1.54) is 24.0 Å². The van der Waals surface area contributed by atoms with Crippen LogP contribution in [0, 0.1) is 12.8 Å².